The van der Waals surface area contributed by atoms with Crippen LogP contribution in [0.5, 0.6) is 5.75 Å². The highest BCUT2D eigenvalue weighted by Gasteiger charge is 2.58. The van der Waals surface area contributed by atoms with Gasteiger partial charge in [0.25, 0.3) is 5.91 Å². The summed E-state index contributed by atoms with van der Waals surface area (Å²) in [5, 5.41) is 32.2. The van der Waals surface area contributed by atoms with E-state index in [9.17, 15) is 65.1 Å². The number of carbonyl (C=O) groups excluding carboxylic acids is 1. The van der Waals surface area contributed by atoms with E-state index in [1.165, 1.54) is 0 Å². The first-order valence-corrected chi connectivity index (χ1v) is 12.0. The lowest BCUT2D eigenvalue weighted by molar-refractivity contribution is -0.386. The van der Waals surface area contributed by atoms with Gasteiger partial charge in [0, 0.05) is 30.4 Å². The zero-order valence-electron chi connectivity index (χ0n) is 19.4. The number of rotatable bonds is 11. The van der Waals surface area contributed by atoms with Crippen molar-refractivity contribution in [1.82, 2.24) is 5.32 Å². The second-order valence-corrected chi connectivity index (χ2v) is 10.0. The molecule has 0 aliphatic rings. The average molecular weight is 584 g/mol. The topological polar surface area (TPSA) is 190 Å². The maximum atomic E-state index is 13.2. The third kappa shape index (κ3) is 6.95. The maximum absolute atomic E-state index is 13.2. The van der Waals surface area contributed by atoms with Crippen molar-refractivity contribution >= 4 is 33.4 Å². The molecule has 0 saturated heterocycles. The van der Waals surface area contributed by atoms with E-state index in [1.54, 1.807) is 5.32 Å². The van der Waals surface area contributed by atoms with Crippen LogP contribution in [0.25, 0.3) is 0 Å². The standard InChI is InChI=1S/C21H17F5N2O10S/c1-39(36,37)13-5-2-11(3-6-13)9-19(17(30)31,18(32)33)27-16(29)12-4-7-14(28(34)35)15(8-12)38-10-20(22,23)21(24,25)26/h2-8H,9-10H2,1H3,(H,27,29)(H,30,31)(H,32,33). The van der Waals surface area contributed by atoms with Gasteiger partial charge in [-0.1, -0.05) is 12.1 Å². The molecule has 18 heteroatoms. The summed E-state index contributed by atoms with van der Waals surface area (Å²) in [5.74, 6) is -12.4. The number of carboxylic acids is 2. The minimum Gasteiger partial charge on any atom is -0.480 e. The molecule has 212 valence electrons. The van der Waals surface area contributed by atoms with Crippen molar-refractivity contribution in [1.29, 1.82) is 0 Å². The van der Waals surface area contributed by atoms with E-state index in [-0.39, 0.29) is 10.5 Å². The van der Waals surface area contributed by atoms with Crippen molar-refractivity contribution in [3.63, 3.8) is 0 Å². The molecule has 0 bridgehead atoms. The maximum Gasteiger partial charge on any atom is 0.456 e. The average Bonchev–Trinajstić information content (AvgIpc) is 2.80. The van der Waals surface area contributed by atoms with E-state index >= 15 is 0 Å². The molecule has 0 aromatic heterocycles. The predicted molar refractivity (Wildman–Crippen MR) is 118 cm³/mol. The van der Waals surface area contributed by atoms with Gasteiger partial charge in [0.1, 0.15) is 0 Å². The number of alkyl halides is 5. The lowest BCUT2D eigenvalue weighted by Crippen LogP contribution is -2.61. The highest BCUT2D eigenvalue weighted by molar-refractivity contribution is 7.90. The van der Waals surface area contributed by atoms with Gasteiger partial charge in [0.15, 0.2) is 22.2 Å². The number of carbonyl (C=O) groups is 3. The zero-order chi connectivity index (χ0) is 30.0. The van der Waals surface area contributed by atoms with E-state index in [0.29, 0.717) is 18.2 Å². The number of carboxylic acid groups (broad SMARTS) is 2. The van der Waals surface area contributed by atoms with Crippen LogP contribution >= 0.6 is 0 Å². The van der Waals surface area contributed by atoms with Gasteiger partial charge in [-0.25, -0.2) is 18.0 Å². The third-order valence-electron chi connectivity index (χ3n) is 5.12. The van der Waals surface area contributed by atoms with Gasteiger partial charge in [0.05, 0.1) is 9.82 Å². The smallest absolute Gasteiger partial charge is 0.456 e. The minimum absolute atomic E-state index is 0.0606. The van der Waals surface area contributed by atoms with Crippen molar-refractivity contribution in [2.24, 2.45) is 0 Å². The lowest BCUT2D eigenvalue weighted by Gasteiger charge is -2.26. The van der Waals surface area contributed by atoms with Crippen LogP contribution in [0.3, 0.4) is 0 Å². The van der Waals surface area contributed by atoms with Gasteiger partial charge in [-0.2, -0.15) is 22.0 Å². The number of benzene rings is 2. The van der Waals surface area contributed by atoms with Crippen LogP contribution in [0.4, 0.5) is 27.6 Å². The molecule has 0 spiro atoms. The Kier molecular flexibility index (Phi) is 8.54. The number of hydrogen-bond donors (Lipinski definition) is 3. The molecular formula is C21H17F5N2O10S. The number of ether oxygens (including phenoxy) is 1. The molecule has 0 aliphatic heterocycles. The highest BCUT2D eigenvalue weighted by Crippen LogP contribution is 2.37. The first-order valence-electron chi connectivity index (χ1n) is 10.2. The molecule has 0 atom stereocenters. The number of halogens is 5. The van der Waals surface area contributed by atoms with Gasteiger partial charge in [-0.3, -0.25) is 14.9 Å². The second kappa shape index (κ2) is 10.8. The highest BCUT2D eigenvalue weighted by atomic mass is 32.2. The first-order chi connectivity index (χ1) is 17.7. The van der Waals surface area contributed by atoms with Crippen molar-refractivity contribution in [3.05, 3.63) is 63.7 Å². The summed E-state index contributed by atoms with van der Waals surface area (Å²) in [5.41, 5.74) is -5.08. The number of aliphatic carboxylic acids is 2. The number of nitro groups is 1. The van der Waals surface area contributed by atoms with E-state index in [2.05, 4.69) is 4.74 Å². The molecule has 12 nitrogen and oxygen atoms in total. The molecule has 0 radical (unpaired) electrons. The number of sulfone groups is 1. The molecular weight excluding hydrogens is 567 g/mol. The molecule has 39 heavy (non-hydrogen) atoms. The van der Waals surface area contributed by atoms with Crippen molar-refractivity contribution in [3.8, 4) is 5.75 Å². The summed E-state index contributed by atoms with van der Waals surface area (Å²) in [6, 6.07) is 5.77. The molecule has 3 N–H and O–H groups in total. The zero-order valence-corrected chi connectivity index (χ0v) is 20.2. The molecule has 2 aromatic carbocycles. The summed E-state index contributed by atoms with van der Waals surface area (Å²) in [4.78, 5) is 46.5. The number of hydrogen-bond acceptors (Lipinski definition) is 8. The number of nitrogens with zero attached hydrogens (tertiary/aromatic N) is 1. The Bertz CT molecular complexity index is 1400. The van der Waals surface area contributed by atoms with E-state index in [1.807, 2.05) is 0 Å². The molecule has 2 rings (SSSR count). The summed E-state index contributed by atoms with van der Waals surface area (Å²) >= 11 is 0. The SMILES string of the molecule is CS(=O)(=O)c1ccc(CC(NC(=O)c2ccc([N+](=O)[O-])c(OCC(F)(F)C(F)(F)F)c2)(C(=O)O)C(=O)O)cc1. The number of amides is 1. The third-order valence-corrected chi connectivity index (χ3v) is 6.25. The van der Waals surface area contributed by atoms with Crippen LogP contribution in [0.2, 0.25) is 0 Å². The molecule has 0 heterocycles. The van der Waals surface area contributed by atoms with Crippen molar-refractivity contribution < 1.29 is 64.6 Å². The fourth-order valence-electron chi connectivity index (χ4n) is 2.99. The molecule has 2 aromatic rings. The predicted octanol–water partition coefficient (Wildman–Crippen LogP) is 2.46. The minimum atomic E-state index is -6.07. The van der Waals surface area contributed by atoms with Crippen LogP contribution in [-0.2, 0) is 25.8 Å². The van der Waals surface area contributed by atoms with Gasteiger partial charge >= 0.3 is 29.7 Å². The lowest BCUT2D eigenvalue weighted by atomic mass is 9.90. The van der Waals surface area contributed by atoms with Crippen LogP contribution in [-0.4, -0.2) is 71.9 Å². The molecule has 1 amide bonds. The Morgan fingerprint density at radius 1 is 1.00 bits per heavy atom. The van der Waals surface area contributed by atoms with E-state index < -0.39 is 80.3 Å². The Labute approximate surface area is 215 Å². The molecule has 0 saturated carbocycles. The second-order valence-electron chi connectivity index (χ2n) is 7.99. The number of nitro benzene ring substituents is 1. The van der Waals surface area contributed by atoms with Gasteiger partial charge < -0.3 is 20.3 Å². The van der Waals surface area contributed by atoms with Crippen molar-refractivity contribution in [2.45, 2.75) is 29.0 Å². The summed E-state index contributed by atoms with van der Waals surface area (Å²) in [6.45, 7) is -2.40. The normalized spacial score (nSPS) is 12.5. The van der Waals surface area contributed by atoms with Crippen LogP contribution in [0.1, 0.15) is 15.9 Å². The van der Waals surface area contributed by atoms with Gasteiger partial charge in [-0.15, -0.1) is 0 Å². The van der Waals surface area contributed by atoms with Crippen molar-refractivity contribution in [2.75, 3.05) is 12.9 Å². The number of nitrogens with one attached hydrogen (secondary N) is 1. The van der Waals surface area contributed by atoms with Crippen LogP contribution in [0.15, 0.2) is 47.4 Å². The molecule has 0 aliphatic carbocycles. The van der Waals surface area contributed by atoms with Gasteiger partial charge in [-0.05, 0) is 23.8 Å². The largest absolute Gasteiger partial charge is 0.480 e. The van der Waals surface area contributed by atoms with Gasteiger partial charge in [0.2, 0.25) is 5.54 Å². The monoisotopic (exact) mass is 584 g/mol. The van der Waals surface area contributed by atoms with Crippen LogP contribution in [0, 0.1) is 10.1 Å². The summed E-state index contributed by atoms with van der Waals surface area (Å²) < 4.78 is 91.2. The first kappa shape index (κ1) is 30.9. The van der Waals surface area contributed by atoms with E-state index in [0.717, 1.165) is 30.5 Å². The quantitative estimate of drug-likeness (QED) is 0.153. The Morgan fingerprint density at radius 3 is 1.97 bits per heavy atom. The Morgan fingerprint density at radius 2 is 1.54 bits per heavy atom. The van der Waals surface area contributed by atoms with Crippen LogP contribution < -0.4 is 10.1 Å². The summed E-state index contributed by atoms with van der Waals surface area (Å²) in [7, 11) is -3.66. The fraction of sp³-hybridized carbons (Fsp3) is 0.286. The van der Waals surface area contributed by atoms with E-state index in [4.69, 9.17) is 0 Å². The fourth-order valence-corrected chi connectivity index (χ4v) is 3.62. The molecule has 0 unspecified atom stereocenters. The summed E-state index contributed by atoms with van der Waals surface area (Å²) in [6.07, 6.45) is -6.13. The Balaban J connectivity index is 2.45. The Hall–Kier alpha value is -4.35. The molecule has 0 fully saturated rings.